The molecule has 28 heavy (non-hydrogen) atoms. The van der Waals surface area contributed by atoms with E-state index in [9.17, 15) is 21.6 Å². The Morgan fingerprint density at radius 3 is 2.25 bits per heavy atom. The molecule has 1 N–H and O–H groups in total. The lowest BCUT2D eigenvalue weighted by atomic mass is 10.0. The van der Waals surface area contributed by atoms with Crippen molar-refractivity contribution in [2.24, 2.45) is 0 Å². The van der Waals surface area contributed by atoms with Crippen LogP contribution in [0.5, 0.6) is 0 Å². The zero-order valence-corrected chi connectivity index (χ0v) is 16.4. The van der Waals surface area contributed by atoms with Crippen molar-refractivity contribution in [2.45, 2.75) is 37.3 Å². The average molecular weight is 412 g/mol. The number of hydrogen-bond acceptors (Lipinski definition) is 3. The van der Waals surface area contributed by atoms with Crippen molar-refractivity contribution in [3.8, 4) is 0 Å². The normalized spacial score (nSPS) is 15.7. The van der Waals surface area contributed by atoms with Crippen LogP contribution >= 0.6 is 0 Å². The number of benzene rings is 2. The molecule has 1 heterocycles. The van der Waals surface area contributed by atoms with Gasteiger partial charge in [0.1, 0.15) is 0 Å². The van der Waals surface area contributed by atoms with Gasteiger partial charge >= 0.3 is 6.18 Å². The first-order valence-electron chi connectivity index (χ1n) is 9.23. The highest BCUT2D eigenvalue weighted by Gasteiger charge is 2.30. The molecule has 3 rings (SSSR count). The van der Waals surface area contributed by atoms with Crippen molar-refractivity contribution in [2.75, 3.05) is 24.4 Å². The molecule has 1 aliphatic heterocycles. The molecule has 0 fully saturated rings. The van der Waals surface area contributed by atoms with Gasteiger partial charge in [-0.2, -0.15) is 13.2 Å². The predicted molar refractivity (Wildman–Crippen MR) is 103 cm³/mol. The lowest BCUT2D eigenvalue weighted by molar-refractivity contribution is -0.137. The van der Waals surface area contributed by atoms with Gasteiger partial charge in [0.2, 0.25) is 0 Å². The van der Waals surface area contributed by atoms with Crippen LogP contribution in [0.4, 0.5) is 18.9 Å². The summed E-state index contributed by atoms with van der Waals surface area (Å²) >= 11 is 0. The monoisotopic (exact) mass is 412 g/mol. The molecule has 4 nitrogen and oxygen atoms in total. The van der Waals surface area contributed by atoms with Gasteiger partial charge in [-0.15, -0.1) is 0 Å². The average Bonchev–Trinajstić information content (AvgIpc) is 2.83. The van der Waals surface area contributed by atoms with Crippen molar-refractivity contribution in [1.82, 2.24) is 4.90 Å². The van der Waals surface area contributed by atoms with E-state index in [-0.39, 0.29) is 4.90 Å². The van der Waals surface area contributed by atoms with E-state index in [2.05, 4.69) is 16.5 Å². The topological polar surface area (TPSA) is 49.4 Å². The highest BCUT2D eigenvalue weighted by Crippen LogP contribution is 2.30. The molecule has 0 radical (unpaired) electrons. The lowest BCUT2D eigenvalue weighted by Crippen LogP contribution is -2.27. The van der Waals surface area contributed by atoms with E-state index in [1.807, 2.05) is 12.1 Å². The molecular formula is C20H23F3N2O2S. The number of anilines is 1. The number of alkyl halides is 3. The third-order valence-corrected chi connectivity index (χ3v) is 6.28. The van der Waals surface area contributed by atoms with Crippen LogP contribution in [0.15, 0.2) is 47.4 Å². The molecule has 0 spiro atoms. The van der Waals surface area contributed by atoms with Gasteiger partial charge in [0.25, 0.3) is 10.0 Å². The molecule has 0 amide bonds. The molecule has 8 heteroatoms. The summed E-state index contributed by atoms with van der Waals surface area (Å²) in [5, 5.41) is 0. The molecule has 0 saturated heterocycles. The largest absolute Gasteiger partial charge is 0.416 e. The van der Waals surface area contributed by atoms with E-state index in [1.165, 1.54) is 5.56 Å². The van der Waals surface area contributed by atoms with Gasteiger partial charge in [-0.1, -0.05) is 13.0 Å². The minimum atomic E-state index is -4.50. The second-order valence-electron chi connectivity index (χ2n) is 6.95. The van der Waals surface area contributed by atoms with E-state index in [0.29, 0.717) is 5.69 Å². The van der Waals surface area contributed by atoms with Crippen LogP contribution in [0.25, 0.3) is 0 Å². The molecule has 2 aromatic carbocycles. The molecule has 2 aromatic rings. The first kappa shape index (κ1) is 20.7. The summed E-state index contributed by atoms with van der Waals surface area (Å²) in [6.45, 7) is 5.10. The van der Waals surface area contributed by atoms with E-state index in [0.717, 1.165) is 68.7 Å². The molecule has 1 aliphatic rings. The van der Waals surface area contributed by atoms with Gasteiger partial charge in [0, 0.05) is 18.8 Å². The number of halogens is 3. The third-order valence-electron chi connectivity index (χ3n) is 4.88. The molecular weight excluding hydrogens is 389 g/mol. The second kappa shape index (κ2) is 8.13. The Bertz CT molecular complexity index is 925. The van der Waals surface area contributed by atoms with Crippen molar-refractivity contribution in [3.05, 3.63) is 59.2 Å². The Labute approximate surface area is 163 Å². The quantitative estimate of drug-likeness (QED) is 0.796. The SMILES string of the molecule is CCCN1CCc2ccc(NS(=O)(=O)c3ccc(C(F)(F)F)cc3)cc2CC1. The van der Waals surface area contributed by atoms with E-state index >= 15 is 0 Å². The second-order valence-corrected chi connectivity index (χ2v) is 8.64. The third kappa shape index (κ3) is 4.86. The van der Waals surface area contributed by atoms with Crippen LogP contribution in [0.3, 0.4) is 0 Å². The van der Waals surface area contributed by atoms with Crippen LogP contribution in [-0.4, -0.2) is 33.0 Å². The maximum absolute atomic E-state index is 12.7. The fourth-order valence-electron chi connectivity index (χ4n) is 3.41. The lowest BCUT2D eigenvalue weighted by Gasteiger charge is -2.18. The van der Waals surface area contributed by atoms with Crippen LogP contribution in [0.2, 0.25) is 0 Å². The molecule has 152 valence electrons. The fraction of sp³-hybridized carbons (Fsp3) is 0.400. The summed E-state index contributed by atoms with van der Waals surface area (Å²) in [5.41, 5.74) is 1.85. The molecule has 0 aromatic heterocycles. The summed E-state index contributed by atoms with van der Waals surface area (Å²) < 4.78 is 65.5. The van der Waals surface area contributed by atoms with Crippen LogP contribution in [-0.2, 0) is 29.0 Å². The van der Waals surface area contributed by atoms with E-state index in [1.54, 1.807) is 6.07 Å². The van der Waals surface area contributed by atoms with Gasteiger partial charge in [-0.25, -0.2) is 8.42 Å². The fourth-order valence-corrected chi connectivity index (χ4v) is 4.46. The summed E-state index contributed by atoms with van der Waals surface area (Å²) in [6, 6.07) is 8.94. The number of nitrogens with one attached hydrogen (secondary N) is 1. The molecule has 0 bridgehead atoms. The van der Waals surface area contributed by atoms with Gasteiger partial charge < -0.3 is 4.90 Å². The van der Waals surface area contributed by atoms with Crippen molar-refractivity contribution in [1.29, 1.82) is 0 Å². The summed E-state index contributed by atoms with van der Waals surface area (Å²) in [4.78, 5) is 2.19. The van der Waals surface area contributed by atoms with Gasteiger partial charge in [0.05, 0.1) is 10.5 Å². The molecule has 0 unspecified atom stereocenters. The predicted octanol–water partition coefficient (Wildman–Crippen LogP) is 4.32. The van der Waals surface area contributed by atoms with E-state index in [4.69, 9.17) is 0 Å². The molecule has 0 saturated carbocycles. The van der Waals surface area contributed by atoms with Gasteiger partial charge in [-0.05, 0) is 73.3 Å². The Morgan fingerprint density at radius 2 is 1.64 bits per heavy atom. The highest BCUT2D eigenvalue weighted by atomic mass is 32.2. The number of hydrogen-bond donors (Lipinski definition) is 1. The zero-order chi connectivity index (χ0) is 20.4. The number of rotatable bonds is 5. The number of fused-ring (bicyclic) bond motifs is 1. The maximum Gasteiger partial charge on any atom is 0.416 e. The van der Waals surface area contributed by atoms with Crippen LogP contribution in [0.1, 0.15) is 30.0 Å². The van der Waals surface area contributed by atoms with Crippen LogP contribution in [0, 0.1) is 0 Å². The zero-order valence-electron chi connectivity index (χ0n) is 15.6. The Hall–Kier alpha value is -2.06. The Morgan fingerprint density at radius 1 is 1.00 bits per heavy atom. The Balaban J connectivity index is 1.77. The highest BCUT2D eigenvalue weighted by molar-refractivity contribution is 7.92. The number of sulfonamides is 1. The first-order valence-corrected chi connectivity index (χ1v) is 10.7. The van der Waals surface area contributed by atoms with Gasteiger partial charge in [-0.3, -0.25) is 4.72 Å². The Kier molecular flexibility index (Phi) is 6.00. The summed E-state index contributed by atoms with van der Waals surface area (Å²) in [5.74, 6) is 0. The minimum absolute atomic E-state index is 0.204. The first-order chi connectivity index (χ1) is 13.2. The standard InChI is InChI=1S/C20H23F3N2O2S/c1-2-11-25-12-9-15-3-6-18(14-16(15)10-13-25)24-28(26,27)19-7-4-17(5-8-19)20(21,22)23/h3-8,14,24H,2,9-13H2,1H3. The summed E-state index contributed by atoms with van der Waals surface area (Å²) in [6.07, 6.45) is -1.65. The smallest absolute Gasteiger partial charge is 0.303 e. The van der Waals surface area contributed by atoms with E-state index < -0.39 is 21.8 Å². The van der Waals surface area contributed by atoms with Gasteiger partial charge in [0.15, 0.2) is 0 Å². The maximum atomic E-state index is 12.7. The summed E-state index contributed by atoms with van der Waals surface area (Å²) in [7, 11) is -3.96. The minimum Gasteiger partial charge on any atom is -0.303 e. The van der Waals surface area contributed by atoms with Crippen LogP contribution < -0.4 is 4.72 Å². The van der Waals surface area contributed by atoms with Crippen molar-refractivity contribution in [3.63, 3.8) is 0 Å². The molecule has 0 aliphatic carbocycles. The molecule has 0 atom stereocenters. The van der Waals surface area contributed by atoms with Crippen molar-refractivity contribution >= 4 is 15.7 Å². The van der Waals surface area contributed by atoms with Crippen molar-refractivity contribution < 1.29 is 21.6 Å². The number of nitrogens with zero attached hydrogens (tertiary/aromatic N) is 1.